The molecule has 3 rings (SSSR count). The van der Waals surface area contributed by atoms with Crippen LogP contribution in [0.15, 0.2) is 54.6 Å². The van der Waals surface area contributed by atoms with E-state index in [0.717, 1.165) is 11.4 Å². The van der Waals surface area contributed by atoms with Gasteiger partial charge in [0.2, 0.25) is 5.91 Å². The van der Waals surface area contributed by atoms with Gasteiger partial charge in [0, 0.05) is 17.5 Å². The number of hydrogen-bond acceptors (Lipinski definition) is 4. The summed E-state index contributed by atoms with van der Waals surface area (Å²) < 4.78 is 21.1. The average Bonchev–Trinajstić information content (AvgIpc) is 3.21. The lowest BCUT2D eigenvalue weighted by atomic mass is 9.92. The molecule has 0 aliphatic rings. The molecule has 3 aromatic rings. The predicted octanol–water partition coefficient (Wildman–Crippen LogP) is 4.81. The van der Waals surface area contributed by atoms with Crippen LogP contribution in [0.25, 0.3) is 5.69 Å². The SMILES string of the molecule is COc1ccc(-n2nc(C(C)(C)C)cc2NC(=O)CN(C(=O)c2ccccc2F)C(C)C)cc1. The molecule has 8 heteroatoms. The molecule has 2 aromatic carbocycles. The summed E-state index contributed by atoms with van der Waals surface area (Å²) in [5.41, 5.74) is 1.22. The first kappa shape index (κ1) is 25.0. The minimum atomic E-state index is -0.619. The third-order valence-corrected chi connectivity index (χ3v) is 5.36. The van der Waals surface area contributed by atoms with E-state index in [1.165, 1.54) is 23.1 Å². The molecule has 0 bridgehead atoms. The first-order chi connectivity index (χ1) is 16.0. The minimum Gasteiger partial charge on any atom is -0.497 e. The molecule has 1 N–H and O–H groups in total. The monoisotopic (exact) mass is 466 g/mol. The van der Waals surface area contributed by atoms with E-state index in [9.17, 15) is 14.0 Å². The molecule has 2 amide bonds. The van der Waals surface area contributed by atoms with Crippen LogP contribution < -0.4 is 10.1 Å². The first-order valence-corrected chi connectivity index (χ1v) is 11.1. The van der Waals surface area contributed by atoms with Gasteiger partial charge in [-0.25, -0.2) is 9.07 Å². The van der Waals surface area contributed by atoms with Crippen molar-refractivity contribution in [3.05, 3.63) is 71.7 Å². The maximum atomic E-state index is 14.2. The van der Waals surface area contributed by atoms with Gasteiger partial charge in [0.25, 0.3) is 5.91 Å². The third kappa shape index (κ3) is 5.62. The minimum absolute atomic E-state index is 0.0673. The van der Waals surface area contributed by atoms with E-state index in [4.69, 9.17) is 9.84 Å². The van der Waals surface area contributed by atoms with Gasteiger partial charge in [-0.2, -0.15) is 5.10 Å². The predicted molar refractivity (Wildman–Crippen MR) is 130 cm³/mol. The highest BCUT2D eigenvalue weighted by atomic mass is 19.1. The van der Waals surface area contributed by atoms with E-state index in [1.54, 1.807) is 31.7 Å². The van der Waals surface area contributed by atoms with Crippen molar-refractivity contribution in [2.24, 2.45) is 0 Å². The molecule has 0 saturated carbocycles. The van der Waals surface area contributed by atoms with Crippen LogP contribution in [0.4, 0.5) is 10.2 Å². The number of hydrogen-bond donors (Lipinski definition) is 1. The molecule has 7 nitrogen and oxygen atoms in total. The van der Waals surface area contributed by atoms with Crippen LogP contribution in [-0.2, 0) is 10.2 Å². The lowest BCUT2D eigenvalue weighted by Crippen LogP contribution is -2.42. The smallest absolute Gasteiger partial charge is 0.257 e. The van der Waals surface area contributed by atoms with E-state index in [1.807, 2.05) is 51.1 Å². The van der Waals surface area contributed by atoms with Gasteiger partial charge < -0.3 is 15.0 Å². The van der Waals surface area contributed by atoms with Gasteiger partial charge in [-0.05, 0) is 50.2 Å². The molecular formula is C26H31FN4O3. The molecule has 0 fully saturated rings. The highest BCUT2D eigenvalue weighted by Crippen LogP contribution is 2.27. The number of nitrogens with one attached hydrogen (secondary N) is 1. The maximum Gasteiger partial charge on any atom is 0.257 e. The van der Waals surface area contributed by atoms with Crippen molar-refractivity contribution in [3.8, 4) is 11.4 Å². The van der Waals surface area contributed by atoms with Crippen LogP contribution in [0, 0.1) is 5.82 Å². The Morgan fingerprint density at radius 3 is 2.32 bits per heavy atom. The molecule has 0 aliphatic carbocycles. The van der Waals surface area contributed by atoms with E-state index in [2.05, 4.69) is 5.32 Å². The highest BCUT2D eigenvalue weighted by Gasteiger charge is 2.26. The summed E-state index contributed by atoms with van der Waals surface area (Å²) in [4.78, 5) is 27.3. The summed E-state index contributed by atoms with van der Waals surface area (Å²) in [6, 6.07) is 14.6. The zero-order chi connectivity index (χ0) is 25.0. The molecule has 0 spiro atoms. The van der Waals surface area contributed by atoms with Crippen molar-refractivity contribution in [1.82, 2.24) is 14.7 Å². The van der Waals surface area contributed by atoms with E-state index in [0.29, 0.717) is 11.6 Å². The largest absolute Gasteiger partial charge is 0.497 e. The number of aromatic nitrogens is 2. The Morgan fingerprint density at radius 2 is 1.76 bits per heavy atom. The Morgan fingerprint density at radius 1 is 1.12 bits per heavy atom. The summed E-state index contributed by atoms with van der Waals surface area (Å²) in [6.45, 7) is 9.44. The number of ether oxygens (including phenoxy) is 1. The van der Waals surface area contributed by atoms with Crippen LogP contribution in [0.5, 0.6) is 5.75 Å². The van der Waals surface area contributed by atoms with Gasteiger partial charge in [-0.3, -0.25) is 9.59 Å². The van der Waals surface area contributed by atoms with Crippen LogP contribution in [0.2, 0.25) is 0 Å². The Balaban J connectivity index is 1.88. The van der Waals surface area contributed by atoms with Gasteiger partial charge in [0.05, 0.1) is 24.1 Å². The van der Waals surface area contributed by atoms with E-state index < -0.39 is 17.6 Å². The van der Waals surface area contributed by atoms with Gasteiger partial charge in [-0.1, -0.05) is 32.9 Å². The normalized spacial score (nSPS) is 11.4. The van der Waals surface area contributed by atoms with Crippen molar-refractivity contribution >= 4 is 17.6 Å². The second-order valence-corrected chi connectivity index (χ2v) is 9.33. The summed E-state index contributed by atoms with van der Waals surface area (Å²) in [7, 11) is 1.59. The molecule has 0 radical (unpaired) electrons. The fourth-order valence-corrected chi connectivity index (χ4v) is 3.37. The lowest BCUT2D eigenvalue weighted by molar-refractivity contribution is -0.117. The van der Waals surface area contributed by atoms with Crippen molar-refractivity contribution in [3.63, 3.8) is 0 Å². The number of carbonyl (C=O) groups excluding carboxylic acids is 2. The van der Waals surface area contributed by atoms with Crippen LogP contribution in [0.1, 0.15) is 50.7 Å². The standard InChI is InChI=1S/C26H31FN4O3/c1-17(2)30(25(33)20-9-7-8-10-21(20)27)16-24(32)28-23-15-22(26(3,4)5)29-31(23)18-11-13-19(34-6)14-12-18/h7-15,17H,16H2,1-6H3,(H,28,32). The van der Waals surface area contributed by atoms with Crippen molar-refractivity contribution in [2.45, 2.75) is 46.1 Å². The summed E-state index contributed by atoms with van der Waals surface area (Å²) in [6.07, 6.45) is 0. The van der Waals surface area contributed by atoms with Crippen LogP contribution in [-0.4, -0.2) is 46.2 Å². The zero-order valence-corrected chi connectivity index (χ0v) is 20.4. The fourth-order valence-electron chi connectivity index (χ4n) is 3.37. The Labute approximate surface area is 199 Å². The van der Waals surface area contributed by atoms with Crippen molar-refractivity contribution in [1.29, 1.82) is 0 Å². The topological polar surface area (TPSA) is 76.5 Å². The Bertz CT molecular complexity index is 1160. The van der Waals surface area contributed by atoms with E-state index >= 15 is 0 Å². The average molecular weight is 467 g/mol. The van der Waals surface area contributed by atoms with Crippen LogP contribution >= 0.6 is 0 Å². The van der Waals surface area contributed by atoms with Gasteiger partial charge in [0.1, 0.15) is 23.9 Å². The third-order valence-electron chi connectivity index (χ3n) is 5.36. The zero-order valence-electron chi connectivity index (χ0n) is 20.4. The van der Waals surface area contributed by atoms with Crippen molar-refractivity contribution in [2.75, 3.05) is 19.0 Å². The molecule has 180 valence electrons. The molecular weight excluding hydrogens is 435 g/mol. The summed E-state index contributed by atoms with van der Waals surface area (Å²) >= 11 is 0. The molecule has 1 aromatic heterocycles. The van der Waals surface area contributed by atoms with Gasteiger partial charge in [-0.15, -0.1) is 0 Å². The first-order valence-electron chi connectivity index (χ1n) is 11.1. The Kier molecular flexibility index (Phi) is 7.39. The quantitative estimate of drug-likeness (QED) is 0.542. The Hall–Kier alpha value is -3.68. The molecule has 1 heterocycles. The number of nitrogens with zero attached hydrogens (tertiary/aromatic N) is 3. The summed E-state index contributed by atoms with van der Waals surface area (Å²) in [5.74, 6) is -0.388. The molecule has 0 unspecified atom stereocenters. The molecule has 0 aliphatic heterocycles. The number of halogens is 1. The molecule has 0 atom stereocenters. The number of amides is 2. The highest BCUT2D eigenvalue weighted by molar-refractivity contribution is 5.99. The summed E-state index contributed by atoms with van der Waals surface area (Å²) in [5, 5.41) is 7.58. The number of benzene rings is 2. The van der Waals surface area contributed by atoms with Gasteiger partial charge >= 0.3 is 0 Å². The number of carbonyl (C=O) groups is 2. The van der Waals surface area contributed by atoms with E-state index in [-0.39, 0.29) is 23.6 Å². The number of methoxy groups -OCH3 is 1. The second kappa shape index (κ2) is 10.1. The number of anilines is 1. The molecule has 0 saturated heterocycles. The van der Waals surface area contributed by atoms with Crippen LogP contribution in [0.3, 0.4) is 0 Å². The maximum absolute atomic E-state index is 14.2. The lowest BCUT2D eigenvalue weighted by Gasteiger charge is -2.26. The van der Waals surface area contributed by atoms with Crippen molar-refractivity contribution < 1.29 is 18.7 Å². The van der Waals surface area contributed by atoms with Gasteiger partial charge in [0.15, 0.2) is 0 Å². The fraction of sp³-hybridized carbons (Fsp3) is 0.346. The molecule has 34 heavy (non-hydrogen) atoms. The second-order valence-electron chi connectivity index (χ2n) is 9.33. The number of rotatable bonds is 7.